The maximum atomic E-state index is 4.14. The SMILES string of the molecule is Brc1cccc(Sc2ncccn2)c1. The van der Waals surface area contributed by atoms with E-state index >= 15 is 0 Å². The van der Waals surface area contributed by atoms with Gasteiger partial charge in [-0.25, -0.2) is 9.97 Å². The van der Waals surface area contributed by atoms with Crippen molar-refractivity contribution in [3.63, 3.8) is 0 Å². The molecule has 1 heterocycles. The topological polar surface area (TPSA) is 25.8 Å². The van der Waals surface area contributed by atoms with Crippen LogP contribution in [0.2, 0.25) is 0 Å². The molecule has 0 spiro atoms. The van der Waals surface area contributed by atoms with Gasteiger partial charge in [-0.05, 0) is 36.0 Å². The van der Waals surface area contributed by atoms with Gasteiger partial charge in [-0.1, -0.05) is 22.0 Å². The molecule has 14 heavy (non-hydrogen) atoms. The van der Waals surface area contributed by atoms with E-state index < -0.39 is 0 Å². The zero-order valence-corrected chi connectivity index (χ0v) is 9.62. The van der Waals surface area contributed by atoms with Crippen molar-refractivity contribution in [3.8, 4) is 0 Å². The lowest BCUT2D eigenvalue weighted by atomic mass is 10.4. The molecule has 0 saturated heterocycles. The molecule has 1 aromatic carbocycles. The van der Waals surface area contributed by atoms with Gasteiger partial charge < -0.3 is 0 Å². The molecule has 0 N–H and O–H groups in total. The second kappa shape index (κ2) is 4.57. The summed E-state index contributed by atoms with van der Waals surface area (Å²) >= 11 is 4.97. The highest BCUT2D eigenvalue weighted by Crippen LogP contribution is 2.26. The lowest BCUT2D eigenvalue weighted by molar-refractivity contribution is 0.967. The van der Waals surface area contributed by atoms with E-state index in [2.05, 4.69) is 25.9 Å². The quantitative estimate of drug-likeness (QED) is 0.780. The van der Waals surface area contributed by atoms with Crippen LogP contribution in [0.5, 0.6) is 0 Å². The molecular weight excluding hydrogens is 260 g/mol. The van der Waals surface area contributed by atoms with Gasteiger partial charge in [0.1, 0.15) is 0 Å². The first kappa shape index (κ1) is 9.68. The summed E-state index contributed by atoms with van der Waals surface area (Å²) in [5.41, 5.74) is 0. The van der Waals surface area contributed by atoms with E-state index in [-0.39, 0.29) is 0 Å². The fourth-order valence-electron chi connectivity index (χ4n) is 0.974. The minimum atomic E-state index is 0.769. The van der Waals surface area contributed by atoms with Crippen LogP contribution in [0.4, 0.5) is 0 Å². The summed E-state index contributed by atoms with van der Waals surface area (Å²) in [5, 5.41) is 0.769. The van der Waals surface area contributed by atoms with Crippen molar-refractivity contribution < 1.29 is 0 Å². The largest absolute Gasteiger partial charge is 0.231 e. The standard InChI is InChI=1S/C10H7BrN2S/c11-8-3-1-4-9(7-8)14-10-12-5-2-6-13-10/h1-7H. The van der Waals surface area contributed by atoms with Gasteiger partial charge >= 0.3 is 0 Å². The molecule has 0 radical (unpaired) electrons. The molecule has 0 aliphatic heterocycles. The maximum absolute atomic E-state index is 4.14. The smallest absolute Gasteiger partial charge is 0.192 e. The Hall–Kier alpha value is -0.870. The van der Waals surface area contributed by atoms with Crippen LogP contribution in [0, 0.1) is 0 Å². The highest BCUT2D eigenvalue weighted by Gasteiger charge is 1.98. The summed E-state index contributed by atoms with van der Waals surface area (Å²) < 4.78 is 1.07. The maximum Gasteiger partial charge on any atom is 0.192 e. The van der Waals surface area contributed by atoms with Gasteiger partial charge in [0, 0.05) is 21.8 Å². The Morgan fingerprint density at radius 2 is 1.86 bits per heavy atom. The number of hydrogen-bond donors (Lipinski definition) is 0. The molecule has 4 heteroatoms. The minimum absolute atomic E-state index is 0.769. The molecule has 0 atom stereocenters. The van der Waals surface area contributed by atoms with Crippen molar-refractivity contribution in [2.75, 3.05) is 0 Å². The predicted octanol–water partition coefficient (Wildman–Crippen LogP) is 3.39. The highest BCUT2D eigenvalue weighted by molar-refractivity contribution is 9.10. The third-order valence-corrected chi connectivity index (χ3v) is 2.92. The van der Waals surface area contributed by atoms with Crippen molar-refractivity contribution in [3.05, 3.63) is 47.2 Å². The zero-order chi connectivity index (χ0) is 9.80. The average molecular weight is 267 g/mol. The second-order valence-corrected chi connectivity index (χ2v) is 4.55. The Balaban J connectivity index is 2.19. The first-order valence-electron chi connectivity index (χ1n) is 4.05. The fourth-order valence-corrected chi connectivity index (χ4v) is 2.30. The molecular formula is C10H7BrN2S. The van der Waals surface area contributed by atoms with Gasteiger partial charge in [-0.2, -0.15) is 0 Å². The van der Waals surface area contributed by atoms with Crippen LogP contribution in [0.15, 0.2) is 57.3 Å². The number of benzene rings is 1. The van der Waals surface area contributed by atoms with Crippen LogP contribution in [-0.2, 0) is 0 Å². The van der Waals surface area contributed by atoms with E-state index in [9.17, 15) is 0 Å². The minimum Gasteiger partial charge on any atom is -0.231 e. The normalized spacial score (nSPS) is 10.1. The molecule has 2 nitrogen and oxygen atoms in total. The van der Waals surface area contributed by atoms with Crippen molar-refractivity contribution in [2.45, 2.75) is 10.1 Å². The third-order valence-electron chi connectivity index (χ3n) is 1.55. The lowest BCUT2D eigenvalue weighted by Gasteiger charge is -1.99. The molecule has 0 bridgehead atoms. The Labute approximate surface area is 94.9 Å². The Morgan fingerprint density at radius 1 is 1.07 bits per heavy atom. The number of rotatable bonds is 2. The molecule has 2 rings (SSSR count). The van der Waals surface area contributed by atoms with Crippen molar-refractivity contribution >= 4 is 27.7 Å². The van der Waals surface area contributed by atoms with Crippen LogP contribution in [0.25, 0.3) is 0 Å². The van der Waals surface area contributed by atoms with Gasteiger partial charge in [0.25, 0.3) is 0 Å². The first-order valence-corrected chi connectivity index (χ1v) is 5.66. The molecule has 70 valence electrons. The van der Waals surface area contributed by atoms with Gasteiger partial charge in [0.2, 0.25) is 0 Å². The van der Waals surface area contributed by atoms with Crippen LogP contribution >= 0.6 is 27.7 Å². The fraction of sp³-hybridized carbons (Fsp3) is 0. The number of hydrogen-bond acceptors (Lipinski definition) is 3. The number of halogens is 1. The second-order valence-electron chi connectivity index (χ2n) is 2.59. The molecule has 0 unspecified atom stereocenters. The van der Waals surface area contributed by atoms with Crippen LogP contribution < -0.4 is 0 Å². The Bertz CT molecular complexity index is 419. The zero-order valence-electron chi connectivity index (χ0n) is 7.22. The van der Waals surface area contributed by atoms with E-state index in [1.165, 1.54) is 0 Å². The molecule has 0 aliphatic carbocycles. The van der Waals surface area contributed by atoms with Gasteiger partial charge in [0.05, 0.1) is 0 Å². The molecule has 2 aromatic rings. The summed E-state index contributed by atoms with van der Waals surface area (Å²) in [5.74, 6) is 0. The number of nitrogens with zero attached hydrogens (tertiary/aromatic N) is 2. The van der Waals surface area contributed by atoms with E-state index in [4.69, 9.17) is 0 Å². The Kier molecular flexibility index (Phi) is 3.16. The van der Waals surface area contributed by atoms with Crippen molar-refractivity contribution in [1.29, 1.82) is 0 Å². The molecule has 0 saturated carbocycles. The Morgan fingerprint density at radius 3 is 2.57 bits per heavy atom. The van der Waals surface area contributed by atoms with Gasteiger partial charge in [0.15, 0.2) is 5.16 Å². The molecule has 0 amide bonds. The highest BCUT2D eigenvalue weighted by atomic mass is 79.9. The third kappa shape index (κ3) is 2.56. The van der Waals surface area contributed by atoms with E-state index in [0.717, 1.165) is 14.5 Å². The van der Waals surface area contributed by atoms with Crippen molar-refractivity contribution in [1.82, 2.24) is 9.97 Å². The summed E-state index contributed by atoms with van der Waals surface area (Å²) in [6.07, 6.45) is 3.49. The number of aromatic nitrogens is 2. The monoisotopic (exact) mass is 266 g/mol. The van der Waals surface area contributed by atoms with Crippen LogP contribution in [0.1, 0.15) is 0 Å². The predicted molar refractivity (Wildman–Crippen MR) is 60.3 cm³/mol. The molecule has 0 fully saturated rings. The van der Waals surface area contributed by atoms with Gasteiger partial charge in [-0.3, -0.25) is 0 Å². The molecule has 1 aromatic heterocycles. The first-order chi connectivity index (χ1) is 6.84. The van der Waals surface area contributed by atoms with E-state index in [1.54, 1.807) is 24.2 Å². The summed E-state index contributed by atoms with van der Waals surface area (Å²) in [4.78, 5) is 9.41. The summed E-state index contributed by atoms with van der Waals surface area (Å²) in [7, 11) is 0. The lowest BCUT2D eigenvalue weighted by Crippen LogP contribution is -1.82. The van der Waals surface area contributed by atoms with Crippen LogP contribution in [0.3, 0.4) is 0 Å². The van der Waals surface area contributed by atoms with Crippen molar-refractivity contribution in [2.24, 2.45) is 0 Å². The van der Waals surface area contributed by atoms with Crippen LogP contribution in [-0.4, -0.2) is 9.97 Å². The average Bonchev–Trinajstić information content (AvgIpc) is 2.19. The van der Waals surface area contributed by atoms with E-state index in [0.29, 0.717) is 0 Å². The van der Waals surface area contributed by atoms with E-state index in [1.807, 2.05) is 30.3 Å². The van der Waals surface area contributed by atoms with Gasteiger partial charge in [-0.15, -0.1) is 0 Å². The molecule has 0 aliphatic rings. The summed E-state index contributed by atoms with van der Waals surface area (Å²) in [6, 6.07) is 9.88. The summed E-state index contributed by atoms with van der Waals surface area (Å²) in [6.45, 7) is 0.